The van der Waals surface area contributed by atoms with Gasteiger partial charge in [-0.2, -0.15) is 9.68 Å². The van der Waals surface area contributed by atoms with Crippen molar-refractivity contribution in [3.05, 3.63) is 95.8 Å². The van der Waals surface area contributed by atoms with E-state index in [-0.39, 0.29) is 11.6 Å². The highest BCUT2D eigenvalue weighted by Crippen LogP contribution is 2.36. The van der Waals surface area contributed by atoms with Crippen LogP contribution in [-0.4, -0.2) is 97.0 Å². The van der Waals surface area contributed by atoms with Gasteiger partial charge in [-0.15, -0.1) is 0 Å². The number of aliphatic imine (C=N–C) groups is 1. The molecule has 0 atom stereocenters. The first kappa shape index (κ1) is 35.8. The molecule has 2 aliphatic heterocycles. The lowest BCUT2D eigenvalue weighted by Crippen LogP contribution is -2.35. The van der Waals surface area contributed by atoms with Gasteiger partial charge < -0.3 is 24.6 Å². The smallest absolute Gasteiger partial charge is 0.248 e. The summed E-state index contributed by atoms with van der Waals surface area (Å²) in [6.45, 7) is 11.2. The highest BCUT2D eigenvalue weighted by Gasteiger charge is 2.28. The molecule has 2 heterocycles. The van der Waals surface area contributed by atoms with Gasteiger partial charge in [-0.25, -0.2) is 9.38 Å². The highest BCUT2D eigenvalue weighted by molar-refractivity contribution is 6.12. The monoisotopic (exact) mass is 656 g/mol. The molecule has 2 aliphatic rings. The van der Waals surface area contributed by atoms with Crippen LogP contribution in [0, 0.1) is 12.7 Å². The van der Waals surface area contributed by atoms with E-state index in [4.69, 9.17) is 14.5 Å². The lowest BCUT2D eigenvalue weighted by molar-refractivity contribution is -0.441. The summed E-state index contributed by atoms with van der Waals surface area (Å²) >= 11 is 0. The number of allylic oxidation sites excluding steroid dienone is 2. The second-order valence-electron chi connectivity index (χ2n) is 11.4. The summed E-state index contributed by atoms with van der Waals surface area (Å²) in [5, 5.41) is 9.21. The molecule has 1 N–H and O–H groups in total. The predicted octanol–water partition coefficient (Wildman–Crippen LogP) is 6.09. The molecule has 0 saturated carbocycles. The number of rotatable bonds is 14. The van der Waals surface area contributed by atoms with Gasteiger partial charge in [0.25, 0.3) is 0 Å². The largest absolute Gasteiger partial charge is 0.476 e. The molecular weight excluding hydrogens is 609 g/mol. The number of halogens is 1. The zero-order valence-electron chi connectivity index (χ0n) is 28.8. The van der Waals surface area contributed by atoms with Crippen molar-refractivity contribution in [2.45, 2.75) is 34.1 Å². The van der Waals surface area contributed by atoms with Gasteiger partial charge >= 0.3 is 0 Å². The third-order valence-electron chi connectivity index (χ3n) is 7.58. The SMILES string of the molecule is C/C=N\N1C=CC(Oc2ccc(NC(=N/C=C/CC)c3c(C)ccc4c3OCC=[N+]4CCN(CC)C(=O)/C=C/CN(C)C)c(F)c2)=CC1. The van der Waals surface area contributed by atoms with Crippen molar-refractivity contribution in [1.82, 2.24) is 14.8 Å². The number of hydrogen-bond acceptors (Lipinski definition) is 7. The number of ether oxygens (including phenoxy) is 2. The Kier molecular flexibility index (Phi) is 13.3. The molecule has 0 aromatic heterocycles. The molecule has 0 spiro atoms. The summed E-state index contributed by atoms with van der Waals surface area (Å²) in [5.41, 5.74) is 2.75. The van der Waals surface area contributed by atoms with Crippen molar-refractivity contribution in [1.29, 1.82) is 0 Å². The van der Waals surface area contributed by atoms with Crippen molar-refractivity contribution in [3.8, 4) is 11.5 Å². The number of amidine groups is 1. The van der Waals surface area contributed by atoms with Crippen LogP contribution in [0.4, 0.5) is 15.8 Å². The molecule has 0 fully saturated rings. The van der Waals surface area contributed by atoms with Crippen LogP contribution in [0.2, 0.25) is 0 Å². The van der Waals surface area contributed by atoms with Crippen LogP contribution in [0.3, 0.4) is 0 Å². The predicted molar refractivity (Wildman–Crippen MR) is 192 cm³/mol. The van der Waals surface area contributed by atoms with E-state index in [9.17, 15) is 4.79 Å². The van der Waals surface area contributed by atoms with E-state index in [2.05, 4.69) is 15.0 Å². The quantitative estimate of drug-likeness (QED) is 0.115. The number of nitrogens with zero attached hydrogens (tertiary/aromatic N) is 6. The molecule has 48 heavy (non-hydrogen) atoms. The first-order valence-electron chi connectivity index (χ1n) is 16.3. The Hall–Kier alpha value is -5.03. The fourth-order valence-electron chi connectivity index (χ4n) is 5.08. The fraction of sp³-hybridized carbons (Fsp3) is 0.351. The van der Waals surface area contributed by atoms with E-state index in [1.165, 1.54) is 6.07 Å². The standard InChI is InChI=1S/C37H47FN7O3/c1-7-10-19-39-37(41-32-15-14-30(27-31(32)38)48-29-17-21-45(22-18-29)40-8-2)35-28(4)13-16-33-36(35)47-26-25-44(33)24-23-43(9-3)34(46)12-11-20-42(5)6/h8,10-19,21,25,27H,7,9,20,22-24,26H2,1-6H3,(H,39,41)/q+1/b12-11+,19-10+,40-8-. The fourth-order valence-corrected chi connectivity index (χ4v) is 5.08. The maximum atomic E-state index is 15.6. The minimum Gasteiger partial charge on any atom is -0.476 e. The summed E-state index contributed by atoms with van der Waals surface area (Å²) in [5.74, 6) is 1.58. The van der Waals surface area contributed by atoms with Crippen LogP contribution in [-0.2, 0) is 4.79 Å². The average molecular weight is 657 g/mol. The van der Waals surface area contributed by atoms with E-state index >= 15 is 4.39 Å². The Balaban J connectivity index is 1.56. The summed E-state index contributed by atoms with van der Waals surface area (Å²) < 4.78 is 29.8. The number of hydrogen-bond donors (Lipinski definition) is 1. The summed E-state index contributed by atoms with van der Waals surface area (Å²) in [6, 6.07) is 8.72. The lowest BCUT2D eigenvalue weighted by Gasteiger charge is -2.22. The first-order valence-corrected chi connectivity index (χ1v) is 16.3. The van der Waals surface area contributed by atoms with E-state index in [0.29, 0.717) is 62.4 Å². The van der Waals surface area contributed by atoms with Gasteiger partial charge in [-0.1, -0.05) is 25.1 Å². The van der Waals surface area contributed by atoms with Gasteiger partial charge in [0.05, 0.1) is 24.3 Å². The number of carbonyl (C=O) groups is 1. The Morgan fingerprint density at radius 2 is 2.04 bits per heavy atom. The van der Waals surface area contributed by atoms with Crippen LogP contribution in [0.15, 0.2) is 89.0 Å². The number of anilines is 1. The van der Waals surface area contributed by atoms with Gasteiger partial charge in [-0.3, -0.25) is 9.80 Å². The Bertz CT molecular complexity index is 1660. The van der Waals surface area contributed by atoms with Crippen LogP contribution < -0.4 is 14.8 Å². The zero-order chi connectivity index (χ0) is 34.5. The zero-order valence-corrected chi connectivity index (χ0v) is 28.8. The maximum Gasteiger partial charge on any atom is 0.248 e. The molecular formula is C37H47FN7O3+. The summed E-state index contributed by atoms with van der Waals surface area (Å²) in [7, 11) is 3.93. The van der Waals surface area contributed by atoms with Crippen LogP contribution in [0.5, 0.6) is 11.5 Å². The third-order valence-corrected chi connectivity index (χ3v) is 7.58. The Morgan fingerprint density at radius 1 is 1.21 bits per heavy atom. The van der Waals surface area contributed by atoms with Crippen molar-refractivity contribution in [3.63, 3.8) is 0 Å². The number of nitrogens with one attached hydrogen (secondary N) is 1. The molecule has 2 aromatic carbocycles. The molecule has 0 saturated heterocycles. The number of carbonyl (C=O) groups excluding carboxylic acids is 1. The van der Waals surface area contributed by atoms with Gasteiger partial charge in [0.2, 0.25) is 17.3 Å². The van der Waals surface area contributed by atoms with Crippen molar-refractivity contribution >= 4 is 35.5 Å². The lowest BCUT2D eigenvalue weighted by atomic mass is 10.0. The van der Waals surface area contributed by atoms with E-state index in [0.717, 1.165) is 23.2 Å². The van der Waals surface area contributed by atoms with Gasteiger partial charge in [0, 0.05) is 49.9 Å². The molecule has 0 bridgehead atoms. The molecule has 4 rings (SSSR count). The molecule has 0 aliphatic carbocycles. The molecule has 11 heteroatoms. The topological polar surface area (TPSA) is 85.0 Å². The minimum atomic E-state index is -0.487. The van der Waals surface area contributed by atoms with E-state index in [1.807, 2.05) is 94.4 Å². The maximum absolute atomic E-state index is 15.6. The number of amides is 1. The van der Waals surface area contributed by atoms with Crippen LogP contribution in [0.1, 0.15) is 38.3 Å². The molecule has 0 unspecified atom stereocenters. The highest BCUT2D eigenvalue weighted by atomic mass is 19.1. The van der Waals surface area contributed by atoms with Crippen molar-refractivity contribution < 1.29 is 23.2 Å². The second kappa shape index (κ2) is 17.8. The van der Waals surface area contributed by atoms with Crippen LogP contribution >= 0.6 is 0 Å². The molecule has 1 amide bonds. The Labute approximate surface area is 283 Å². The second-order valence-corrected chi connectivity index (χ2v) is 11.4. The van der Waals surface area contributed by atoms with Gasteiger partial charge in [-0.05, 0) is 71.1 Å². The molecule has 0 radical (unpaired) electrons. The number of benzene rings is 2. The molecule has 10 nitrogen and oxygen atoms in total. The number of likely N-dealkylation sites (N-methyl/N-ethyl adjacent to an activating group) is 2. The number of hydrazone groups is 1. The van der Waals surface area contributed by atoms with E-state index in [1.54, 1.807) is 41.7 Å². The van der Waals surface area contributed by atoms with E-state index < -0.39 is 5.82 Å². The average Bonchev–Trinajstić information content (AvgIpc) is 3.06. The van der Waals surface area contributed by atoms with Crippen molar-refractivity contribution in [2.75, 3.05) is 58.7 Å². The Morgan fingerprint density at radius 3 is 2.73 bits per heavy atom. The van der Waals surface area contributed by atoms with Crippen LogP contribution in [0.25, 0.3) is 0 Å². The summed E-state index contributed by atoms with van der Waals surface area (Å²) in [4.78, 5) is 21.4. The third kappa shape index (κ3) is 9.74. The molecule has 2 aromatic rings. The van der Waals surface area contributed by atoms with Gasteiger partial charge in [0.1, 0.15) is 23.2 Å². The number of fused-ring (bicyclic) bond motifs is 1. The summed E-state index contributed by atoms with van der Waals surface area (Å²) in [6.07, 6.45) is 17.1. The van der Waals surface area contributed by atoms with Crippen molar-refractivity contribution in [2.24, 2.45) is 10.1 Å². The minimum absolute atomic E-state index is 0.0162. The van der Waals surface area contributed by atoms with Gasteiger partial charge in [0.15, 0.2) is 19.4 Å². The number of aryl methyl sites for hydroxylation is 1. The first-order chi connectivity index (χ1) is 23.2. The normalized spacial score (nSPS) is 14.8. The molecule has 254 valence electrons.